The van der Waals surface area contributed by atoms with Gasteiger partial charge in [-0.25, -0.2) is 9.00 Å². The number of carboxylic acid groups (broad SMARTS) is 1. The number of fused-ring (bicyclic) bond motifs is 7. The monoisotopic (exact) mass is 662 g/mol. The van der Waals surface area contributed by atoms with Crippen molar-refractivity contribution in [2.45, 2.75) is 112 Å². The van der Waals surface area contributed by atoms with Crippen LogP contribution in [0.15, 0.2) is 42.5 Å². The van der Waals surface area contributed by atoms with E-state index >= 15 is 0 Å². The molecule has 4 saturated carbocycles. The lowest BCUT2D eigenvalue weighted by Gasteiger charge is -2.72. The Bertz CT molecular complexity index is 1600. The van der Waals surface area contributed by atoms with Crippen molar-refractivity contribution in [1.82, 2.24) is 0 Å². The van der Waals surface area contributed by atoms with Gasteiger partial charge in [0.15, 0.2) is 0 Å². The van der Waals surface area contributed by atoms with Crippen LogP contribution in [0.25, 0.3) is 5.57 Å². The molecule has 0 aromatic heterocycles. The fourth-order valence-corrected chi connectivity index (χ4v) is 13.8. The van der Waals surface area contributed by atoms with Crippen LogP contribution in [0.5, 0.6) is 0 Å². The second kappa shape index (κ2) is 11.4. The fourth-order valence-electron chi connectivity index (χ4n) is 13.2. The van der Waals surface area contributed by atoms with Gasteiger partial charge in [-0.15, -0.1) is 0 Å². The number of rotatable bonds is 8. The van der Waals surface area contributed by atoms with Gasteiger partial charge in [0.2, 0.25) is 0 Å². The molecule has 10 atom stereocenters. The number of Topliss-reactive ketones (excluding diaryl/α,β-unsaturated/α-hetero) is 1. The van der Waals surface area contributed by atoms with Gasteiger partial charge in [-0.3, -0.25) is 4.79 Å². The molecule has 4 fully saturated rings. The lowest BCUT2D eigenvalue weighted by Crippen LogP contribution is -2.65. The molecule has 0 bridgehead atoms. The van der Waals surface area contributed by atoms with E-state index in [0.29, 0.717) is 53.8 Å². The highest BCUT2D eigenvalue weighted by molar-refractivity contribution is 7.95. The van der Waals surface area contributed by atoms with Crippen LogP contribution in [0, 0.1) is 56.7 Å². The molecular weight excluding hydrogens is 605 g/mol. The molecular formula is C41H58O5S. The SMILES string of the molecule is C=C(C)[C@@H]1CC[C@]2(C(=O)CCCS(=C)(=O)O)CC[C@]3(C)[C@H](CC[C@@H]4[C@@]5(C)CC=C(c6ccc(C(=O)O)cc6)C(C)(C)[C@@H]5CC[C@]43C)[C@@H]12. The number of allylic oxidation sites excluding steroid dienone is 3. The normalized spacial score (nSPS) is 41.7. The van der Waals surface area contributed by atoms with E-state index in [1.54, 1.807) is 12.1 Å². The van der Waals surface area contributed by atoms with Gasteiger partial charge in [0.1, 0.15) is 5.78 Å². The first-order valence-corrected chi connectivity index (χ1v) is 20.0. The highest BCUT2D eigenvalue weighted by atomic mass is 32.2. The third-order valence-corrected chi connectivity index (χ3v) is 16.4. The molecule has 5 aliphatic carbocycles. The summed E-state index contributed by atoms with van der Waals surface area (Å²) in [5.74, 6) is 5.16. The van der Waals surface area contributed by atoms with Crippen molar-refractivity contribution in [2.24, 2.45) is 56.7 Å². The molecule has 1 aromatic rings. The van der Waals surface area contributed by atoms with Crippen molar-refractivity contribution in [1.29, 1.82) is 0 Å². The van der Waals surface area contributed by atoms with Crippen LogP contribution in [0.4, 0.5) is 0 Å². The van der Waals surface area contributed by atoms with Gasteiger partial charge in [0.25, 0.3) is 0 Å². The molecule has 258 valence electrons. The van der Waals surface area contributed by atoms with Crippen molar-refractivity contribution < 1.29 is 23.5 Å². The van der Waals surface area contributed by atoms with Crippen molar-refractivity contribution in [3.63, 3.8) is 0 Å². The number of carbonyl (C=O) groups excluding carboxylic acids is 1. The van der Waals surface area contributed by atoms with Crippen LogP contribution < -0.4 is 0 Å². The molecule has 5 aliphatic rings. The topological polar surface area (TPSA) is 91.7 Å². The van der Waals surface area contributed by atoms with Crippen molar-refractivity contribution in [3.8, 4) is 0 Å². The molecule has 0 spiro atoms. The van der Waals surface area contributed by atoms with E-state index in [2.05, 4.69) is 60.1 Å². The van der Waals surface area contributed by atoms with Crippen LogP contribution >= 0.6 is 0 Å². The summed E-state index contributed by atoms with van der Waals surface area (Å²) in [6, 6.07) is 7.47. The minimum atomic E-state index is -3.09. The van der Waals surface area contributed by atoms with E-state index in [-0.39, 0.29) is 32.8 Å². The maximum absolute atomic E-state index is 14.2. The van der Waals surface area contributed by atoms with E-state index in [0.717, 1.165) is 44.1 Å². The summed E-state index contributed by atoms with van der Waals surface area (Å²) in [6.07, 6.45) is 13.0. The summed E-state index contributed by atoms with van der Waals surface area (Å²) in [7, 11) is -3.09. The summed E-state index contributed by atoms with van der Waals surface area (Å²) < 4.78 is 21.7. The lowest BCUT2D eigenvalue weighted by atomic mass is 9.32. The third kappa shape index (κ3) is 5.16. The van der Waals surface area contributed by atoms with Crippen molar-refractivity contribution in [3.05, 3.63) is 53.6 Å². The number of hydrogen-bond donors (Lipinski definition) is 2. The first kappa shape index (κ1) is 34.7. The molecule has 0 saturated heterocycles. The molecule has 2 N–H and O–H groups in total. The number of hydrogen-bond acceptors (Lipinski definition) is 3. The summed E-state index contributed by atoms with van der Waals surface area (Å²) in [5, 5.41) is 9.45. The molecule has 1 unspecified atom stereocenters. The van der Waals surface area contributed by atoms with Gasteiger partial charge in [0.05, 0.1) is 15.4 Å². The zero-order chi connectivity index (χ0) is 34.4. The Morgan fingerprint density at radius 1 is 0.915 bits per heavy atom. The molecule has 6 heteroatoms. The fraction of sp³-hybridized carbons (Fsp3) is 0.683. The lowest BCUT2D eigenvalue weighted by molar-refractivity contribution is -0.224. The summed E-state index contributed by atoms with van der Waals surface area (Å²) in [5.41, 5.74) is 4.13. The van der Waals surface area contributed by atoms with E-state index in [1.807, 2.05) is 12.1 Å². The number of benzene rings is 1. The highest BCUT2D eigenvalue weighted by Crippen LogP contribution is 2.78. The van der Waals surface area contributed by atoms with E-state index in [4.69, 9.17) is 0 Å². The van der Waals surface area contributed by atoms with Gasteiger partial charge in [-0.05, 0) is 152 Å². The molecule has 0 aliphatic heterocycles. The third-order valence-electron chi connectivity index (χ3n) is 15.5. The van der Waals surface area contributed by atoms with Crippen LogP contribution in [-0.2, 0) is 14.6 Å². The Hall–Kier alpha value is -2.18. The molecule has 0 amide bonds. The minimum absolute atomic E-state index is 0.0343. The van der Waals surface area contributed by atoms with E-state index in [9.17, 15) is 23.5 Å². The maximum Gasteiger partial charge on any atom is 0.335 e. The predicted molar refractivity (Wildman–Crippen MR) is 193 cm³/mol. The van der Waals surface area contributed by atoms with Crippen LogP contribution in [0.1, 0.15) is 128 Å². The Kier molecular flexibility index (Phi) is 8.44. The smallest absolute Gasteiger partial charge is 0.335 e. The first-order valence-electron chi connectivity index (χ1n) is 18.1. The van der Waals surface area contributed by atoms with Gasteiger partial charge in [-0.2, -0.15) is 0 Å². The highest BCUT2D eigenvalue weighted by Gasteiger charge is 2.71. The zero-order valence-electron chi connectivity index (χ0n) is 29.7. The largest absolute Gasteiger partial charge is 0.478 e. The Morgan fingerprint density at radius 3 is 2.21 bits per heavy atom. The van der Waals surface area contributed by atoms with Crippen LogP contribution in [0.2, 0.25) is 0 Å². The summed E-state index contributed by atoms with van der Waals surface area (Å²) in [4.78, 5) is 25.8. The molecule has 0 heterocycles. The second-order valence-electron chi connectivity index (χ2n) is 17.8. The minimum Gasteiger partial charge on any atom is -0.478 e. The van der Waals surface area contributed by atoms with Crippen LogP contribution in [0.3, 0.4) is 0 Å². The second-order valence-corrected chi connectivity index (χ2v) is 19.7. The predicted octanol–water partition coefficient (Wildman–Crippen LogP) is 9.57. The average Bonchev–Trinajstić information content (AvgIpc) is 3.38. The van der Waals surface area contributed by atoms with Crippen molar-refractivity contribution in [2.75, 3.05) is 5.75 Å². The maximum atomic E-state index is 14.2. The van der Waals surface area contributed by atoms with Gasteiger partial charge in [-0.1, -0.05) is 65.0 Å². The quantitative estimate of drug-likeness (QED) is 0.214. The first-order chi connectivity index (χ1) is 21.8. The number of carbonyl (C=O) groups is 2. The van der Waals surface area contributed by atoms with E-state index < -0.39 is 15.8 Å². The van der Waals surface area contributed by atoms with Crippen molar-refractivity contribution >= 4 is 33.0 Å². The molecule has 6 rings (SSSR count). The van der Waals surface area contributed by atoms with Gasteiger partial charge in [0, 0.05) is 17.6 Å². The summed E-state index contributed by atoms with van der Waals surface area (Å²) >= 11 is 0. The number of carboxylic acids is 1. The standard InChI is InChI=1S/C41H58O5S/c1-26(2)29-17-22-41(34(42)10-9-25-47(8,45)46)24-23-39(6)31(35(29)41)15-16-33-38(5)20-18-30(27-11-13-28(14-12-27)36(43)44)37(3,4)32(38)19-21-40(33,39)7/h11-14,18,29,31-33,35H,1,8-10,15-17,19-25H2,2-7H3,(H,43,44)(H,45,46)/t29-,31+,32-,33+,35+,38-,39+,40+,41+/m0/s1. The molecule has 47 heavy (non-hydrogen) atoms. The molecule has 1 aromatic carbocycles. The van der Waals surface area contributed by atoms with Gasteiger partial charge >= 0.3 is 5.97 Å². The average molecular weight is 663 g/mol. The Morgan fingerprint density at radius 2 is 1.60 bits per heavy atom. The van der Waals surface area contributed by atoms with Gasteiger partial charge < -0.3 is 9.66 Å². The number of aromatic carboxylic acids is 1. The van der Waals surface area contributed by atoms with E-state index in [1.165, 1.54) is 30.4 Å². The zero-order valence-corrected chi connectivity index (χ0v) is 30.5. The molecule has 5 nitrogen and oxygen atoms in total. The summed E-state index contributed by atoms with van der Waals surface area (Å²) in [6.45, 7) is 19.3. The Balaban J connectivity index is 1.33. The Labute approximate surface area is 283 Å². The van der Waals surface area contributed by atoms with Crippen LogP contribution in [-0.4, -0.2) is 37.2 Å². The molecule has 0 radical (unpaired) electrons. The number of ketones is 1.